The number of ether oxygens (including phenoxy) is 1. The Morgan fingerprint density at radius 1 is 1.11 bits per heavy atom. The number of carbonyl (C=O) groups is 1. The highest BCUT2D eigenvalue weighted by Crippen LogP contribution is 2.31. The van der Waals surface area contributed by atoms with Gasteiger partial charge in [0.15, 0.2) is 0 Å². The van der Waals surface area contributed by atoms with Gasteiger partial charge in [0.2, 0.25) is 0 Å². The van der Waals surface area contributed by atoms with Gasteiger partial charge in [-0.25, -0.2) is 4.79 Å². The van der Waals surface area contributed by atoms with Crippen LogP contribution in [-0.4, -0.2) is 11.1 Å². The van der Waals surface area contributed by atoms with Crippen LogP contribution in [0.1, 0.15) is 10.4 Å². The van der Waals surface area contributed by atoms with Crippen molar-refractivity contribution in [1.82, 2.24) is 0 Å². The Bertz CT molecular complexity index is 597. The van der Waals surface area contributed by atoms with Gasteiger partial charge in [0.1, 0.15) is 11.5 Å². The van der Waals surface area contributed by atoms with Crippen LogP contribution in [0.3, 0.4) is 0 Å². The Labute approximate surface area is 121 Å². The Balaban J connectivity index is 2.35. The molecule has 0 bridgehead atoms. The zero-order chi connectivity index (χ0) is 13.1. The van der Waals surface area contributed by atoms with E-state index < -0.39 is 5.97 Å². The van der Waals surface area contributed by atoms with E-state index in [0.717, 1.165) is 4.47 Å². The van der Waals surface area contributed by atoms with E-state index in [0.29, 0.717) is 16.0 Å². The molecule has 92 valence electrons. The van der Waals surface area contributed by atoms with Crippen LogP contribution in [0.5, 0.6) is 11.5 Å². The second kappa shape index (κ2) is 5.54. The molecule has 0 unspecified atom stereocenters. The molecule has 3 nitrogen and oxygen atoms in total. The Morgan fingerprint density at radius 3 is 2.50 bits per heavy atom. The van der Waals surface area contributed by atoms with E-state index in [2.05, 4.69) is 31.9 Å². The smallest absolute Gasteiger partial charge is 0.335 e. The van der Waals surface area contributed by atoms with Crippen molar-refractivity contribution in [2.45, 2.75) is 0 Å². The summed E-state index contributed by atoms with van der Waals surface area (Å²) >= 11 is 6.62. The zero-order valence-electron chi connectivity index (χ0n) is 9.06. The van der Waals surface area contributed by atoms with Crippen molar-refractivity contribution >= 4 is 37.8 Å². The molecule has 0 aliphatic rings. The quantitative estimate of drug-likeness (QED) is 0.850. The van der Waals surface area contributed by atoms with Gasteiger partial charge in [-0.1, -0.05) is 28.1 Å². The Kier molecular flexibility index (Phi) is 4.04. The SMILES string of the molecule is O=C(O)c1cc(Br)cc(Oc2ccccc2Br)c1. The summed E-state index contributed by atoms with van der Waals surface area (Å²) in [6, 6.07) is 12.1. The van der Waals surface area contributed by atoms with E-state index in [1.54, 1.807) is 12.1 Å². The molecule has 0 aliphatic carbocycles. The number of benzene rings is 2. The lowest BCUT2D eigenvalue weighted by Crippen LogP contribution is -1.97. The molecule has 0 radical (unpaired) electrons. The van der Waals surface area contributed by atoms with E-state index >= 15 is 0 Å². The van der Waals surface area contributed by atoms with E-state index in [-0.39, 0.29) is 5.56 Å². The molecule has 2 aromatic carbocycles. The molecule has 0 amide bonds. The van der Waals surface area contributed by atoms with Crippen molar-refractivity contribution < 1.29 is 14.6 Å². The lowest BCUT2D eigenvalue weighted by Gasteiger charge is -2.08. The number of rotatable bonds is 3. The second-order valence-corrected chi connectivity index (χ2v) is 5.28. The van der Waals surface area contributed by atoms with Gasteiger partial charge < -0.3 is 9.84 Å². The normalized spacial score (nSPS) is 10.1. The van der Waals surface area contributed by atoms with E-state index in [9.17, 15) is 4.79 Å². The van der Waals surface area contributed by atoms with Crippen LogP contribution in [0.25, 0.3) is 0 Å². The fourth-order valence-corrected chi connectivity index (χ4v) is 2.24. The molecule has 0 atom stereocenters. The zero-order valence-corrected chi connectivity index (χ0v) is 12.2. The predicted molar refractivity (Wildman–Crippen MR) is 75.3 cm³/mol. The molecule has 0 heterocycles. The number of hydrogen-bond donors (Lipinski definition) is 1. The molecular formula is C13H8Br2O3. The first-order valence-corrected chi connectivity index (χ1v) is 6.61. The van der Waals surface area contributed by atoms with Crippen LogP contribution in [0.2, 0.25) is 0 Å². The maximum atomic E-state index is 10.9. The minimum Gasteiger partial charge on any atom is -0.478 e. The molecule has 0 aromatic heterocycles. The fourth-order valence-electron chi connectivity index (χ4n) is 1.40. The predicted octanol–water partition coefficient (Wildman–Crippen LogP) is 4.70. The van der Waals surface area contributed by atoms with Crippen molar-refractivity contribution in [3.8, 4) is 11.5 Å². The number of carboxylic acid groups (broad SMARTS) is 1. The van der Waals surface area contributed by atoms with Gasteiger partial charge in [0, 0.05) is 4.47 Å². The third-order valence-corrected chi connectivity index (χ3v) is 3.30. The lowest BCUT2D eigenvalue weighted by molar-refractivity contribution is 0.0696. The highest BCUT2D eigenvalue weighted by molar-refractivity contribution is 9.10. The third-order valence-electron chi connectivity index (χ3n) is 2.18. The second-order valence-electron chi connectivity index (χ2n) is 3.51. The number of hydrogen-bond acceptors (Lipinski definition) is 2. The highest BCUT2D eigenvalue weighted by atomic mass is 79.9. The highest BCUT2D eigenvalue weighted by Gasteiger charge is 2.08. The average molecular weight is 372 g/mol. The summed E-state index contributed by atoms with van der Waals surface area (Å²) in [5.74, 6) is 0.105. The Hall–Kier alpha value is -1.33. The summed E-state index contributed by atoms with van der Waals surface area (Å²) in [5, 5.41) is 8.97. The summed E-state index contributed by atoms with van der Waals surface area (Å²) in [6.07, 6.45) is 0. The minimum absolute atomic E-state index is 0.173. The number of halogens is 2. The van der Waals surface area contributed by atoms with Gasteiger partial charge in [0.05, 0.1) is 10.0 Å². The summed E-state index contributed by atoms with van der Waals surface area (Å²) in [6.45, 7) is 0. The summed E-state index contributed by atoms with van der Waals surface area (Å²) in [4.78, 5) is 10.9. The minimum atomic E-state index is -0.992. The molecule has 5 heteroatoms. The van der Waals surface area contributed by atoms with Crippen molar-refractivity contribution in [1.29, 1.82) is 0 Å². The van der Waals surface area contributed by atoms with Crippen LogP contribution in [0, 0.1) is 0 Å². The van der Waals surface area contributed by atoms with E-state index in [4.69, 9.17) is 9.84 Å². The van der Waals surface area contributed by atoms with Crippen LogP contribution in [0.15, 0.2) is 51.4 Å². The van der Waals surface area contributed by atoms with Gasteiger partial charge in [-0.2, -0.15) is 0 Å². The van der Waals surface area contributed by atoms with E-state index in [1.165, 1.54) is 12.1 Å². The first-order valence-electron chi connectivity index (χ1n) is 5.02. The van der Waals surface area contributed by atoms with Crippen molar-refractivity contribution in [2.75, 3.05) is 0 Å². The Morgan fingerprint density at radius 2 is 1.83 bits per heavy atom. The standard InChI is InChI=1S/C13H8Br2O3/c14-9-5-8(13(16)17)6-10(7-9)18-12-4-2-1-3-11(12)15/h1-7H,(H,16,17). The summed E-state index contributed by atoms with van der Waals surface area (Å²) in [7, 11) is 0. The van der Waals surface area contributed by atoms with Crippen LogP contribution >= 0.6 is 31.9 Å². The number of para-hydroxylation sites is 1. The first kappa shape index (κ1) is 13.1. The van der Waals surface area contributed by atoms with Crippen molar-refractivity contribution in [2.24, 2.45) is 0 Å². The molecule has 2 rings (SSSR count). The maximum absolute atomic E-state index is 10.9. The fraction of sp³-hybridized carbons (Fsp3) is 0. The number of aromatic carboxylic acids is 1. The van der Waals surface area contributed by atoms with Gasteiger partial charge in [0.25, 0.3) is 0 Å². The van der Waals surface area contributed by atoms with Crippen LogP contribution in [0.4, 0.5) is 0 Å². The molecule has 2 aromatic rings. The van der Waals surface area contributed by atoms with Crippen molar-refractivity contribution in [3.63, 3.8) is 0 Å². The molecule has 0 saturated carbocycles. The van der Waals surface area contributed by atoms with Gasteiger partial charge in [-0.15, -0.1) is 0 Å². The molecule has 18 heavy (non-hydrogen) atoms. The van der Waals surface area contributed by atoms with Crippen LogP contribution in [-0.2, 0) is 0 Å². The molecule has 0 aliphatic heterocycles. The topological polar surface area (TPSA) is 46.5 Å². The van der Waals surface area contributed by atoms with Gasteiger partial charge >= 0.3 is 5.97 Å². The van der Waals surface area contributed by atoms with Crippen molar-refractivity contribution in [3.05, 3.63) is 57.0 Å². The van der Waals surface area contributed by atoms with Gasteiger partial charge in [-0.05, 0) is 46.3 Å². The van der Waals surface area contributed by atoms with Crippen LogP contribution < -0.4 is 4.74 Å². The third kappa shape index (κ3) is 3.11. The molecule has 0 saturated heterocycles. The molecule has 1 N–H and O–H groups in total. The largest absolute Gasteiger partial charge is 0.478 e. The van der Waals surface area contributed by atoms with E-state index in [1.807, 2.05) is 18.2 Å². The van der Waals surface area contributed by atoms with Gasteiger partial charge in [-0.3, -0.25) is 0 Å². The lowest BCUT2D eigenvalue weighted by atomic mass is 10.2. The average Bonchev–Trinajstić information content (AvgIpc) is 2.31. The molecule has 0 fully saturated rings. The number of carboxylic acids is 1. The first-order chi connectivity index (χ1) is 8.56. The molecule has 0 spiro atoms. The molecular weight excluding hydrogens is 364 g/mol. The summed E-state index contributed by atoms with van der Waals surface area (Å²) < 4.78 is 7.10. The maximum Gasteiger partial charge on any atom is 0.335 e. The monoisotopic (exact) mass is 370 g/mol. The summed E-state index contributed by atoms with van der Waals surface area (Å²) in [5.41, 5.74) is 0.173.